The summed E-state index contributed by atoms with van der Waals surface area (Å²) in [6, 6.07) is 19.1. The van der Waals surface area contributed by atoms with Crippen LogP contribution in [0.5, 0.6) is 5.75 Å². The number of nitrogens with zero attached hydrogens (tertiary/aromatic N) is 2. The highest BCUT2D eigenvalue weighted by molar-refractivity contribution is 7.13. The maximum absolute atomic E-state index is 12.3. The van der Waals surface area contributed by atoms with Gasteiger partial charge in [-0.1, -0.05) is 30.3 Å². The summed E-state index contributed by atoms with van der Waals surface area (Å²) in [5.41, 5.74) is 4.55. The van der Waals surface area contributed by atoms with E-state index < -0.39 is 0 Å². The van der Waals surface area contributed by atoms with Crippen LogP contribution in [0.1, 0.15) is 5.56 Å². The molecule has 4 rings (SSSR count). The summed E-state index contributed by atoms with van der Waals surface area (Å²) >= 11 is 1.58. The predicted octanol–water partition coefficient (Wildman–Crippen LogP) is 5.20. The molecule has 0 bridgehead atoms. The molecule has 1 amide bonds. The third kappa shape index (κ3) is 4.67. The number of aromatic nitrogens is 2. The lowest BCUT2D eigenvalue weighted by molar-refractivity contribution is -0.118. The first-order chi connectivity index (χ1) is 14.2. The molecule has 29 heavy (non-hydrogen) atoms. The molecule has 2 aromatic heterocycles. The SMILES string of the molecule is Cc1ccccc1OCC(=O)Nc1cccc(-c2csc(-c3ccncc3)n2)c1. The second kappa shape index (κ2) is 8.67. The number of anilines is 1. The molecule has 0 aliphatic heterocycles. The minimum Gasteiger partial charge on any atom is -0.483 e. The van der Waals surface area contributed by atoms with Gasteiger partial charge in [0.15, 0.2) is 6.61 Å². The average molecular weight is 401 g/mol. The molecule has 144 valence electrons. The van der Waals surface area contributed by atoms with Crippen molar-refractivity contribution in [2.24, 2.45) is 0 Å². The Bertz CT molecular complexity index is 1130. The molecule has 0 radical (unpaired) electrons. The summed E-state index contributed by atoms with van der Waals surface area (Å²) in [7, 11) is 0. The molecule has 4 aromatic rings. The molecule has 0 saturated heterocycles. The lowest BCUT2D eigenvalue weighted by Crippen LogP contribution is -2.20. The van der Waals surface area contributed by atoms with Gasteiger partial charge < -0.3 is 10.1 Å². The van der Waals surface area contributed by atoms with E-state index in [1.807, 2.05) is 73.0 Å². The fourth-order valence-corrected chi connectivity index (χ4v) is 3.68. The average Bonchev–Trinajstić information content (AvgIpc) is 3.24. The van der Waals surface area contributed by atoms with Crippen molar-refractivity contribution in [1.29, 1.82) is 0 Å². The Hall–Kier alpha value is -3.51. The highest BCUT2D eigenvalue weighted by Crippen LogP contribution is 2.29. The van der Waals surface area contributed by atoms with E-state index in [-0.39, 0.29) is 12.5 Å². The predicted molar refractivity (Wildman–Crippen MR) is 116 cm³/mol. The number of ether oxygens (including phenoxy) is 1. The first-order valence-electron chi connectivity index (χ1n) is 9.14. The van der Waals surface area contributed by atoms with Gasteiger partial charge in [0.2, 0.25) is 0 Å². The summed E-state index contributed by atoms with van der Waals surface area (Å²) in [6.45, 7) is 1.91. The second-order valence-corrected chi connectivity index (χ2v) is 7.32. The second-order valence-electron chi connectivity index (χ2n) is 6.46. The van der Waals surface area contributed by atoms with Crippen molar-refractivity contribution in [3.8, 4) is 27.6 Å². The van der Waals surface area contributed by atoms with Gasteiger partial charge in [-0.25, -0.2) is 4.98 Å². The summed E-state index contributed by atoms with van der Waals surface area (Å²) < 4.78 is 5.61. The highest BCUT2D eigenvalue weighted by atomic mass is 32.1. The van der Waals surface area contributed by atoms with Crippen LogP contribution in [0.15, 0.2) is 78.4 Å². The van der Waals surface area contributed by atoms with Crippen LogP contribution >= 0.6 is 11.3 Å². The summed E-state index contributed by atoms with van der Waals surface area (Å²) in [5.74, 6) is 0.503. The Morgan fingerprint density at radius 3 is 2.69 bits per heavy atom. The number of para-hydroxylation sites is 1. The molecule has 0 aliphatic rings. The van der Waals surface area contributed by atoms with Crippen molar-refractivity contribution >= 4 is 22.9 Å². The van der Waals surface area contributed by atoms with E-state index in [1.54, 1.807) is 23.7 Å². The molecule has 1 N–H and O–H groups in total. The molecule has 5 nitrogen and oxygen atoms in total. The number of hydrogen-bond donors (Lipinski definition) is 1. The molecule has 0 aliphatic carbocycles. The van der Waals surface area contributed by atoms with Gasteiger partial charge >= 0.3 is 0 Å². The Morgan fingerprint density at radius 1 is 1.03 bits per heavy atom. The lowest BCUT2D eigenvalue weighted by atomic mass is 10.1. The van der Waals surface area contributed by atoms with Gasteiger partial charge in [0.05, 0.1) is 5.69 Å². The van der Waals surface area contributed by atoms with Crippen LogP contribution in [0.25, 0.3) is 21.8 Å². The summed E-state index contributed by atoms with van der Waals surface area (Å²) in [5, 5.41) is 5.83. The first-order valence-corrected chi connectivity index (χ1v) is 10.0. The number of carbonyl (C=O) groups is 1. The highest BCUT2D eigenvalue weighted by Gasteiger charge is 2.09. The number of hydrogen-bond acceptors (Lipinski definition) is 5. The molecule has 0 spiro atoms. The molecule has 0 saturated carbocycles. The smallest absolute Gasteiger partial charge is 0.262 e. The number of amides is 1. The maximum Gasteiger partial charge on any atom is 0.262 e. The minimum atomic E-state index is -0.207. The van der Waals surface area contributed by atoms with Crippen LogP contribution in [0.2, 0.25) is 0 Å². The van der Waals surface area contributed by atoms with Gasteiger partial charge in [-0.3, -0.25) is 9.78 Å². The van der Waals surface area contributed by atoms with Gasteiger partial charge in [0.1, 0.15) is 10.8 Å². The largest absolute Gasteiger partial charge is 0.483 e. The molecule has 2 heterocycles. The van der Waals surface area contributed by atoms with Crippen molar-refractivity contribution in [3.63, 3.8) is 0 Å². The lowest BCUT2D eigenvalue weighted by Gasteiger charge is -2.10. The van der Waals surface area contributed by atoms with E-state index in [2.05, 4.69) is 10.3 Å². The van der Waals surface area contributed by atoms with Gasteiger partial charge in [-0.2, -0.15) is 0 Å². The third-order valence-electron chi connectivity index (χ3n) is 4.33. The van der Waals surface area contributed by atoms with E-state index in [0.29, 0.717) is 11.4 Å². The van der Waals surface area contributed by atoms with Crippen LogP contribution in [0, 0.1) is 6.92 Å². The molecular formula is C23H19N3O2S. The molecule has 0 unspecified atom stereocenters. The van der Waals surface area contributed by atoms with E-state index in [4.69, 9.17) is 9.72 Å². The van der Waals surface area contributed by atoms with E-state index in [0.717, 1.165) is 27.4 Å². The summed E-state index contributed by atoms with van der Waals surface area (Å²) in [4.78, 5) is 21.0. The Labute approximate surface area is 173 Å². The zero-order chi connectivity index (χ0) is 20.1. The third-order valence-corrected chi connectivity index (χ3v) is 5.22. The van der Waals surface area contributed by atoms with E-state index in [9.17, 15) is 4.79 Å². The van der Waals surface area contributed by atoms with Crippen molar-refractivity contribution in [2.45, 2.75) is 6.92 Å². The van der Waals surface area contributed by atoms with Gasteiger partial charge in [0.25, 0.3) is 5.91 Å². The molecule has 0 atom stereocenters. The fourth-order valence-electron chi connectivity index (χ4n) is 2.85. The van der Waals surface area contributed by atoms with Crippen LogP contribution in [0.3, 0.4) is 0 Å². The van der Waals surface area contributed by atoms with Gasteiger partial charge in [0, 0.05) is 34.6 Å². The number of benzene rings is 2. The summed E-state index contributed by atoms with van der Waals surface area (Å²) in [6.07, 6.45) is 3.51. The van der Waals surface area contributed by atoms with Crippen LogP contribution in [-0.4, -0.2) is 22.5 Å². The Morgan fingerprint density at radius 2 is 1.86 bits per heavy atom. The van der Waals surface area contributed by atoms with Gasteiger partial charge in [-0.05, 0) is 42.8 Å². The van der Waals surface area contributed by atoms with Crippen molar-refractivity contribution in [2.75, 3.05) is 11.9 Å². The van der Waals surface area contributed by atoms with Crippen LogP contribution in [-0.2, 0) is 4.79 Å². The van der Waals surface area contributed by atoms with Crippen molar-refractivity contribution in [1.82, 2.24) is 9.97 Å². The van der Waals surface area contributed by atoms with Crippen molar-refractivity contribution in [3.05, 3.63) is 84.0 Å². The number of nitrogens with one attached hydrogen (secondary N) is 1. The molecular weight excluding hydrogens is 382 g/mol. The van der Waals surface area contributed by atoms with Crippen LogP contribution in [0.4, 0.5) is 5.69 Å². The van der Waals surface area contributed by atoms with Crippen molar-refractivity contribution < 1.29 is 9.53 Å². The number of carbonyl (C=O) groups excluding carboxylic acids is 1. The quantitative estimate of drug-likeness (QED) is 0.482. The molecule has 0 fully saturated rings. The number of aryl methyl sites for hydroxylation is 1. The monoisotopic (exact) mass is 401 g/mol. The van der Waals surface area contributed by atoms with E-state index >= 15 is 0 Å². The normalized spacial score (nSPS) is 10.5. The Balaban J connectivity index is 1.43. The number of thiazole rings is 1. The number of pyridine rings is 1. The fraction of sp³-hybridized carbons (Fsp3) is 0.0870. The standard InChI is InChI=1S/C23H19N3O2S/c1-16-5-2-3-8-21(16)28-14-22(27)25-19-7-4-6-18(13-19)20-15-29-23(26-20)17-9-11-24-12-10-17/h2-13,15H,14H2,1H3,(H,25,27). The van der Waals surface area contributed by atoms with E-state index in [1.165, 1.54) is 0 Å². The number of rotatable bonds is 6. The Kier molecular flexibility index (Phi) is 5.63. The topological polar surface area (TPSA) is 64.1 Å². The van der Waals surface area contributed by atoms with Gasteiger partial charge in [-0.15, -0.1) is 11.3 Å². The van der Waals surface area contributed by atoms with Crippen LogP contribution < -0.4 is 10.1 Å². The molecule has 6 heteroatoms. The maximum atomic E-state index is 12.3. The molecule has 2 aromatic carbocycles. The minimum absolute atomic E-state index is 0.0437. The zero-order valence-corrected chi connectivity index (χ0v) is 16.6. The first kappa shape index (κ1) is 18.8. The zero-order valence-electron chi connectivity index (χ0n) is 15.8.